The van der Waals surface area contributed by atoms with Crippen LogP contribution >= 0.6 is 0 Å². The van der Waals surface area contributed by atoms with Gasteiger partial charge in [0.05, 0.1) is 18.9 Å². The number of aldehydes is 1. The maximum absolute atomic E-state index is 11.4. The lowest BCUT2D eigenvalue weighted by Crippen LogP contribution is -2.29. The normalized spacial score (nSPS) is 17.5. The standard InChI is InChI=1S/C9H10N2O3/c1-14-8(13)9(2-3-9)11-5-7(6-12)4-10-11/h4-6H,2-3H2,1H3. The van der Waals surface area contributed by atoms with E-state index in [0.29, 0.717) is 11.8 Å². The summed E-state index contributed by atoms with van der Waals surface area (Å²) in [6, 6.07) is 0. The first kappa shape index (κ1) is 8.93. The van der Waals surface area contributed by atoms with Crippen LogP contribution in [0.15, 0.2) is 12.4 Å². The molecule has 0 amide bonds. The number of ether oxygens (including phenoxy) is 1. The predicted octanol–water partition coefficient (Wildman–Crippen LogP) is 0.358. The van der Waals surface area contributed by atoms with Crippen molar-refractivity contribution in [3.8, 4) is 0 Å². The number of hydrogen-bond donors (Lipinski definition) is 0. The van der Waals surface area contributed by atoms with E-state index in [2.05, 4.69) is 9.84 Å². The molecule has 0 radical (unpaired) electrons. The Balaban J connectivity index is 2.30. The van der Waals surface area contributed by atoms with Crippen molar-refractivity contribution in [3.05, 3.63) is 18.0 Å². The van der Waals surface area contributed by atoms with E-state index in [1.807, 2.05) is 0 Å². The number of hydrogen-bond acceptors (Lipinski definition) is 4. The Bertz CT molecular complexity index is 379. The minimum absolute atomic E-state index is 0.293. The van der Waals surface area contributed by atoms with Gasteiger partial charge in [-0.25, -0.2) is 4.79 Å². The lowest BCUT2D eigenvalue weighted by atomic mass is 10.3. The highest BCUT2D eigenvalue weighted by Gasteiger charge is 2.54. The summed E-state index contributed by atoms with van der Waals surface area (Å²) in [5.74, 6) is -0.293. The highest BCUT2D eigenvalue weighted by atomic mass is 16.5. The summed E-state index contributed by atoms with van der Waals surface area (Å²) in [6.45, 7) is 0. The average Bonchev–Trinajstić information content (AvgIpc) is 2.89. The van der Waals surface area contributed by atoms with Crippen molar-refractivity contribution in [3.63, 3.8) is 0 Å². The molecule has 1 heterocycles. The van der Waals surface area contributed by atoms with Gasteiger partial charge in [-0.3, -0.25) is 9.48 Å². The van der Waals surface area contributed by atoms with E-state index < -0.39 is 5.54 Å². The number of aromatic nitrogens is 2. The molecule has 5 nitrogen and oxygen atoms in total. The van der Waals surface area contributed by atoms with Crippen LogP contribution in [0.4, 0.5) is 0 Å². The van der Waals surface area contributed by atoms with E-state index in [1.165, 1.54) is 18.0 Å². The molecule has 14 heavy (non-hydrogen) atoms. The Morgan fingerprint density at radius 3 is 2.86 bits per heavy atom. The van der Waals surface area contributed by atoms with Crippen molar-refractivity contribution in [1.82, 2.24) is 9.78 Å². The molecule has 1 fully saturated rings. The molecule has 1 aromatic rings. The Morgan fingerprint density at radius 1 is 1.71 bits per heavy atom. The van der Waals surface area contributed by atoms with Gasteiger partial charge in [-0.1, -0.05) is 0 Å². The van der Waals surface area contributed by atoms with Gasteiger partial charge < -0.3 is 4.74 Å². The van der Waals surface area contributed by atoms with Gasteiger partial charge in [0.1, 0.15) is 0 Å². The molecule has 1 aliphatic carbocycles. The monoisotopic (exact) mass is 194 g/mol. The van der Waals surface area contributed by atoms with Crippen molar-refractivity contribution in [2.75, 3.05) is 7.11 Å². The molecule has 0 N–H and O–H groups in total. The summed E-state index contributed by atoms with van der Waals surface area (Å²) in [6.07, 6.45) is 5.16. The third kappa shape index (κ3) is 1.13. The maximum atomic E-state index is 11.4. The zero-order valence-corrected chi connectivity index (χ0v) is 7.77. The van der Waals surface area contributed by atoms with E-state index in [-0.39, 0.29) is 5.97 Å². The Labute approximate surface area is 80.7 Å². The molecule has 1 aliphatic rings. The maximum Gasteiger partial charge on any atom is 0.333 e. The number of esters is 1. The fraction of sp³-hybridized carbons (Fsp3) is 0.444. The topological polar surface area (TPSA) is 61.2 Å². The SMILES string of the molecule is COC(=O)C1(n2cc(C=O)cn2)CC1. The fourth-order valence-corrected chi connectivity index (χ4v) is 1.47. The van der Waals surface area contributed by atoms with Crippen LogP contribution in [0, 0.1) is 0 Å². The summed E-state index contributed by atoms with van der Waals surface area (Å²) in [5, 5.41) is 3.97. The summed E-state index contributed by atoms with van der Waals surface area (Å²) < 4.78 is 6.20. The number of carbonyl (C=O) groups is 2. The predicted molar refractivity (Wildman–Crippen MR) is 46.8 cm³/mol. The number of methoxy groups -OCH3 is 1. The van der Waals surface area contributed by atoms with Crippen molar-refractivity contribution in [2.45, 2.75) is 18.4 Å². The van der Waals surface area contributed by atoms with Crippen LogP contribution in [0.2, 0.25) is 0 Å². The molecule has 1 aromatic heterocycles. The molecule has 1 saturated carbocycles. The molecule has 5 heteroatoms. The summed E-state index contributed by atoms with van der Waals surface area (Å²) in [5.41, 5.74) is -0.170. The van der Waals surface area contributed by atoms with E-state index in [4.69, 9.17) is 0 Å². The van der Waals surface area contributed by atoms with Crippen LogP contribution in [-0.2, 0) is 15.1 Å². The van der Waals surface area contributed by atoms with Gasteiger partial charge in [-0.2, -0.15) is 5.10 Å². The summed E-state index contributed by atoms with van der Waals surface area (Å²) >= 11 is 0. The van der Waals surface area contributed by atoms with Crippen LogP contribution in [0.5, 0.6) is 0 Å². The lowest BCUT2D eigenvalue weighted by Gasteiger charge is -2.12. The molecular weight excluding hydrogens is 184 g/mol. The summed E-state index contributed by atoms with van der Waals surface area (Å²) in [4.78, 5) is 21.9. The highest BCUT2D eigenvalue weighted by molar-refractivity contribution is 5.82. The number of rotatable bonds is 3. The second kappa shape index (κ2) is 2.94. The molecule has 0 saturated heterocycles. The minimum atomic E-state index is -0.643. The average molecular weight is 194 g/mol. The lowest BCUT2D eigenvalue weighted by molar-refractivity contribution is -0.146. The number of nitrogens with zero attached hydrogens (tertiary/aromatic N) is 2. The Kier molecular flexibility index (Phi) is 1.87. The molecule has 74 valence electrons. The van der Waals surface area contributed by atoms with Crippen molar-refractivity contribution in [2.24, 2.45) is 0 Å². The van der Waals surface area contributed by atoms with Gasteiger partial charge >= 0.3 is 5.97 Å². The third-order valence-corrected chi connectivity index (χ3v) is 2.47. The summed E-state index contributed by atoms with van der Waals surface area (Å²) in [7, 11) is 1.35. The van der Waals surface area contributed by atoms with Gasteiger partial charge in [-0.05, 0) is 12.8 Å². The quantitative estimate of drug-likeness (QED) is 0.514. The first-order valence-corrected chi connectivity index (χ1v) is 4.32. The largest absolute Gasteiger partial charge is 0.467 e. The van der Waals surface area contributed by atoms with Gasteiger partial charge in [0.15, 0.2) is 11.8 Å². The van der Waals surface area contributed by atoms with E-state index >= 15 is 0 Å². The first-order chi connectivity index (χ1) is 6.73. The van der Waals surface area contributed by atoms with Crippen LogP contribution in [0.1, 0.15) is 23.2 Å². The van der Waals surface area contributed by atoms with E-state index in [0.717, 1.165) is 12.8 Å². The second-order valence-corrected chi connectivity index (χ2v) is 3.36. The molecule has 0 atom stereocenters. The van der Waals surface area contributed by atoms with Crippen LogP contribution < -0.4 is 0 Å². The molecule has 0 unspecified atom stereocenters. The van der Waals surface area contributed by atoms with Gasteiger partial charge in [-0.15, -0.1) is 0 Å². The van der Waals surface area contributed by atoms with Crippen LogP contribution in [0.25, 0.3) is 0 Å². The fourth-order valence-electron chi connectivity index (χ4n) is 1.47. The number of carbonyl (C=O) groups excluding carboxylic acids is 2. The molecule has 0 aliphatic heterocycles. The molecule has 0 aromatic carbocycles. The van der Waals surface area contributed by atoms with Crippen molar-refractivity contribution < 1.29 is 14.3 Å². The first-order valence-electron chi connectivity index (χ1n) is 4.32. The molecule has 2 rings (SSSR count). The zero-order chi connectivity index (χ0) is 10.2. The molecule has 0 spiro atoms. The molecular formula is C9H10N2O3. The third-order valence-electron chi connectivity index (χ3n) is 2.47. The molecule has 0 bridgehead atoms. The van der Waals surface area contributed by atoms with E-state index in [9.17, 15) is 9.59 Å². The Hall–Kier alpha value is -1.65. The minimum Gasteiger partial charge on any atom is -0.467 e. The highest BCUT2D eigenvalue weighted by Crippen LogP contribution is 2.43. The van der Waals surface area contributed by atoms with Crippen LogP contribution in [0.3, 0.4) is 0 Å². The smallest absolute Gasteiger partial charge is 0.333 e. The van der Waals surface area contributed by atoms with Crippen molar-refractivity contribution >= 4 is 12.3 Å². The van der Waals surface area contributed by atoms with E-state index in [1.54, 1.807) is 6.20 Å². The van der Waals surface area contributed by atoms with Gasteiger partial charge in [0, 0.05) is 6.20 Å². The zero-order valence-electron chi connectivity index (χ0n) is 7.77. The Morgan fingerprint density at radius 2 is 2.43 bits per heavy atom. The van der Waals surface area contributed by atoms with Gasteiger partial charge in [0.2, 0.25) is 0 Å². The van der Waals surface area contributed by atoms with Crippen LogP contribution in [-0.4, -0.2) is 29.1 Å². The van der Waals surface area contributed by atoms with Crippen molar-refractivity contribution in [1.29, 1.82) is 0 Å². The van der Waals surface area contributed by atoms with Gasteiger partial charge in [0.25, 0.3) is 0 Å². The second-order valence-electron chi connectivity index (χ2n) is 3.36.